The summed E-state index contributed by atoms with van der Waals surface area (Å²) in [5, 5.41) is 14.4. The lowest BCUT2D eigenvalue weighted by Gasteiger charge is -2.01. The van der Waals surface area contributed by atoms with E-state index >= 15 is 0 Å². The molecule has 0 aliphatic heterocycles. The third kappa shape index (κ3) is 2.83. The maximum atomic E-state index is 12.2. The minimum absolute atomic E-state index is 0.120. The zero-order valence-corrected chi connectivity index (χ0v) is 13.6. The van der Waals surface area contributed by atoms with Gasteiger partial charge in [-0.3, -0.25) is 4.79 Å². The maximum Gasteiger partial charge on any atom is 0.267 e. The fraction of sp³-hybridized carbons (Fsp3) is 0.111. The molecule has 120 valence electrons. The number of phenolic OH excluding ortho intramolecular Hbond substituents is 1. The largest absolute Gasteiger partial charge is 0.508 e. The molecule has 0 atom stereocenters. The van der Waals surface area contributed by atoms with E-state index in [1.165, 1.54) is 11.3 Å². The van der Waals surface area contributed by atoms with Crippen molar-refractivity contribution in [3.05, 3.63) is 59.2 Å². The van der Waals surface area contributed by atoms with Crippen LogP contribution in [0.1, 0.15) is 15.5 Å². The summed E-state index contributed by atoms with van der Waals surface area (Å²) in [5.74, 6) is 0.120. The molecule has 2 heterocycles. The van der Waals surface area contributed by atoms with E-state index in [2.05, 4.69) is 15.3 Å². The number of hydrogen-bond donors (Lipinski definition) is 3. The molecule has 5 nitrogen and oxygen atoms in total. The van der Waals surface area contributed by atoms with Crippen molar-refractivity contribution in [3.63, 3.8) is 0 Å². The molecule has 2 aromatic heterocycles. The van der Waals surface area contributed by atoms with Crippen molar-refractivity contribution < 1.29 is 9.90 Å². The predicted molar refractivity (Wildman–Crippen MR) is 95.6 cm³/mol. The summed E-state index contributed by atoms with van der Waals surface area (Å²) in [6.45, 7) is 0.514. The van der Waals surface area contributed by atoms with Crippen LogP contribution in [-0.4, -0.2) is 27.5 Å². The van der Waals surface area contributed by atoms with Gasteiger partial charge in [-0.1, -0.05) is 18.2 Å². The monoisotopic (exact) mass is 337 g/mol. The number of phenols is 1. The second-order valence-corrected chi connectivity index (χ2v) is 6.65. The number of fused-ring (bicyclic) bond motifs is 2. The molecule has 0 spiro atoms. The quantitative estimate of drug-likeness (QED) is 0.534. The molecular weight excluding hydrogens is 322 g/mol. The van der Waals surface area contributed by atoms with Crippen LogP contribution in [0.4, 0.5) is 0 Å². The van der Waals surface area contributed by atoms with Gasteiger partial charge in [0.2, 0.25) is 0 Å². The third-order valence-corrected chi connectivity index (χ3v) is 4.89. The van der Waals surface area contributed by atoms with Crippen molar-refractivity contribution in [2.24, 2.45) is 0 Å². The van der Waals surface area contributed by atoms with E-state index in [0.29, 0.717) is 18.7 Å². The molecule has 0 aliphatic rings. The molecule has 4 aromatic rings. The highest BCUT2D eigenvalue weighted by atomic mass is 32.1. The zero-order chi connectivity index (χ0) is 16.5. The number of nitrogens with one attached hydrogen (secondary N) is 2. The van der Waals surface area contributed by atoms with Gasteiger partial charge in [-0.15, -0.1) is 11.3 Å². The van der Waals surface area contributed by atoms with Gasteiger partial charge in [-0.05, 0) is 30.3 Å². The Morgan fingerprint density at radius 2 is 2.08 bits per heavy atom. The van der Waals surface area contributed by atoms with Gasteiger partial charge in [-0.2, -0.15) is 0 Å². The Labute approximate surface area is 142 Å². The third-order valence-electron chi connectivity index (χ3n) is 3.82. The summed E-state index contributed by atoms with van der Waals surface area (Å²) >= 11 is 1.53. The SMILES string of the molecule is O=C(NCCc1nc2ccc(O)cc2s1)c1cc2ccccc2[nH]1. The normalized spacial score (nSPS) is 11.2. The second-order valence-electron chi connectivity index (χ2n) is 5.54. The molecule has 0 unspecified atom stereocenters. The molecule has 0 bridgehead atoms. The second kappa shape index (κ2) is 5.98. The average Bonchev–Trinajstić information content (AvgIpc) is 3.17. The number of aromatic nitrogens is 2. The summed E-state index contributed by atoms with van der Waals surface area (Å²) in [4.78, 5) is 19.9. The molecule has 0 radical (unpaired) electrons. The lowest BCUT2D eigenvalue weighted by molar-refractivity contribution is 0.0950. The van der Waals surface area contributed by atoms with Crippen molar-refractivity contribution in [2.75, 3.05) is 6.54 Å². The molecule has 6 heteroatoms. The summed E-state index contributed by atoms with van der Waals surface area (Å²) in [5.41, 5.74) is 2.38. The van der Waals surface area contributed by atoms with Crippen molar-refractivity contribution >= 4 is 38.4 Å². The van der Waals surface area contributed by atoms with Gasteiger partial charge in [0, 0.05) is 23.9 Å². The van der Waals surface area contributed by atoms with Crippen LogP contribution in [0.5, 0.6) is 5.75 Å². The molecule has 1 amide bonds. The van der Waals surface area contributed by atoms with Gasteiger partial charge in [-0.25, -0.2) is 4.98 Å². The van der Waals surface area contributed by atoms with E-state index in [1.54, 1.807) is 18.2 Å². The van der Waals surface area contributed by atoms with Gasteiger partial charge >= 0.3 is 0 Å². The lowest BCUT2D eigenvalue weighted by Crippen LogP contribution is -2.25. The number of aromatic hydroxyl groups is 1. The van der Waals surface area contributed by atoms with Crippen LogP contribution in [0.25, 0.3) is 21.1 Å². The Kier molecular flexibility index (Phi) is 3.66. The first-order valence-corrected chi connectivity index (χ1v) is 8.45. The number of hydrogen-bond acceptors (Lipinski definition) is 4. The highest BCUT2D eigenvalue weighted by molar-refractivity contribution is 7.18. The van der Waals surface area contributed by atoms with E-state index < -0.39 is 0 Å². The van der Waals surface area contributed by atoms with Crippen LogP contribution in [-0.2, 0) is 6.42 Å². The molecule has 0 fully saturated rings. The fourth-order valence-electron chi connectivity index (χ4n) is 2.64. The Bertz CT molecular complexity index is 1000. The molecule has 0 saturated carbocycles. The number of amides is 1. The van der Waals surface area contributed by atoms with Crippen LogP contribution in [0, 0.1) is 0 Å². The van der Waals surface area contributed by atoms with Gasteiger partial charge in [0.25, 0.3) is 5.91 Å². The number of para-hydroxylation sites is 1. The van der Waals surface area contributed by atoms with Crippen molar-refractivity contribution in [1.29, 1.82) is 0 Å². The fourth-order valence-corrected chi connectivity index (χ4v) is 3.64. The Balaban J connectivity index is 1.41. The van der Waals surface area contributed by atoms with E-state index in [-0.39, 0.29) is 11.7 Å². The zero-order valence-electron chi connectivity index (χ0n) is 12.7. The van der Waals surface area contributed by atoms with Gasteiger partial charge in [0.15, 0.2) is 0 Å². The average molecular weight is 337 g/mol. The number of aromatic amines is 1. The number of thiazole rings is 1. The number of carbonyl (C=O) groups is 1. The van der Waals surface area contributed by atoms with E-state index in [9.17, 15) is 9.90 Å². The summed E-state index contributed by atoms with van der Waals surface area (Å²) in [6.07, 6.45) is 0.659. The molecule has 0 aliphatic carbocycles. The number of H-pyrrole nitrogens is 1. The summed E-state index contributed by atoms with van der Waals surface area (Å²) in [6, 6.07) is 14.8. The standard InChI is InChI=1S/C18H15N3O2S/c22-12-5-6-14-16(10-12)24-17(21-14)7-8-19-18(23)15-9-11-3-1-2-4-13(11)20-15/h1-6,9-10,20,22H,7-8H2,(H,19,23). The Morgan fingerprint density at radius 3 is 2.96 bits per heavy atom. The number of nitrogens with zero attached hydrogens (tertiary/aromatic N) is 1. The van der Waals surface area contributed by atoms with Crippen molar-refractivity contribution in [1.82, 2.24) is 15.3 Å². The number of carbonyl (C=O) groups excluding carboxylic acids is 1. The molecule has 2 aromatic carbocycles. The molecule has 24 heavy (non-hydrogen) atoms. The Morgan fingerprint density at radius 1 is 1.21 bits per heavy atom. The molecule has 0 saturated heterocycles. The van der Waals surface area contributed by atoms with Gasteiger partial charge < -0.3 is 15.4 Å². The van der Waals surface area contributed by atoms with Crippen LogP contribution in [0.3, 0.4) is 0 Å². The maximum absolute atomic E-state index is 12.2. The Hall–Kier alpha value is -2.86. The molecule has 3 N–H and O–H groups in total. The van der Waals surface area contributed by atoms with E-state index in [1.807, 2.05) is 30.3 Å². The van der Waals surface area contributed by atoms with E-state index in [4.69, 9.17) is 0 Å². The van der Waals surface area contributed by atoms with Crippen LogP contribution < -0.4 is 5.32 Å². The first-order chi connectivity index (χ1) is 11.7. The smallest absolute Gasteiger partial charge is 0.267 e. The van der Waals surface area contributed by atoms with Crippen molar-refractivity contribution in [3.8, 4) is 5.75 Å². The first kappa shape index (κ1) is 14.7. The lowest BCUT2D eigenvalue weighted by atomic mass is 10.2. The van der Waals surface area contributed by atoms with Gasteiger partial charge in [0.1, 0.15) is 11.4 Å². The minimum atomic E-state index is -0.120. The first-order valence-electron chi connectivity index (χ1n) is 7.63. The van der Waals surface area contributed by atoms with Crippen LogP contribution >= 0.6 is 11.3 Å². The van der Waals surface area contributed by atoms with E-state index in [0.717, 1.165) is 26.1 Å². The topological polar surface area (TPSA) is 78.0 Å². The summed E-state index contributed by atoms with van der Waals surface area (Å²) in [7, 11) is 0. The molecular formula is C18H15N3O2S. The van der Waals surface area contributed by atoms with Crippen LogP contribution in [0.15, 0.2) is 48.5 Å². The van der Waals surface area contributed by atoms with Crippen LogP contribution in [0.2, 0.25) is 0 Å². The summed E-state index contributed by atoms with van der Waals surface area (Å²) < 4.78 is 0.951. The predicted octanol–water partition coefficient (Wildman–Crippen LogP) is 3.46. The highest BCUT2D eigenvalue weighted by Gasteiger charge is 2.10. The molecule has 4 rings (SSSR count). The van der Waals surface area contributed by atoms with Crippen molar-refractivity contribution in [2.45, 2.75) is 6.42 Å². The van der Waals surface area contributed by atoms with Gasteiger partial charge in [0.05, 0.1) is 15.2 Å². The minimum Gasteiger partial charge on any atom is -0.508 e. The number of rotatable bonds is 4. The number of benzene rings is 2. The highest BCUT2D eigenvalue weighted by Crippen LogP contribution is 2.25.